The van der Waals surface area contributed by atoms with Crippen molar-refractivity contribution in [3.8, 4) is 0 Å². The van der Waals surface area contributed by atoms with Crippen molar-refractivity contribution in [1.82, 2.24) is 0 Å². The molecule has 8 nitrogen and oxygen atoms in total. The van der Waals surface area contributed by atoms with Crippen molar-refractivity contribution in [3.63, 3.8) is 0 Å². The van der Waals surface area contributed by atoms with Crippen molar-refractivity contribution < 1.29 is 38.9 Å². The van der Waals surface area contributed by atoms with E-state index < -0.39 is 59.9 Å². The number of rotatable bonds is 11. The van der Waals surface area contributed by atoms with Crippen LogP contribution in [-0.2, 0) is 28.7 Å². The topological polar surface area (TPSA) is 127 Å². The Morgan fingerprint density at radius 2 is 1.15 bits per heavy atom. The second-order valence-electron chi connectivity index (χ2n) is 7.61. The van der Waals surface area contributed by atoms with Gasteiger partial charge >= 0.3 is 23.9 Å². The molecule has 0 heterocycles. The van der Waals surface area contributed by atoms with Crippen molar-refractivity contribution in [1.29, 1.82) is 0 Å². The lowest BCUT2D eigenvalue weighted by Gasteiger charge is -2.29. The zero-order valence-electron chi connectivity index (χ0n) is 18.4. The van der Waals surface area contributed by atoms with Gasteiger partial charge in [0, 0.05) is 5.57 Å². The van der Waals surface area contributed by atoms with Crippen LogP contribution in [0.4, 0.5) is 0 Å². The van der Waals surface area contributed by atoms with Gasteiger partial charge in [0.25, 0.3) is 0 Å². The molecule has 0 spiro atoms. The summed E-state index contributed by atoms with van der Waals surface area (Å²) in [4.78, 5) is 49.1. The molecule has 0 aliphatic rings. The Labute approximate surface area is 191 Å². The second kappa shape index (κ2) is 11.1. The number of benzene rings is 2. The SMILES string of the molecule is C=C(C(=O)O)C(CC(=O)OC(C)c1ccccc1)(CC(=O)OC(C)c1ccccc1)C(=O)O. The summed E-state index contributed by atoms with van der Waals surface area (Å²) in [6.07, 6.45) is -3.24. The van der Waals surface area contributed by atoms with E-state index in [0.717, 1.165) is 0 Å². The van der Waals surface area contributed by atoms with Crippen LogP contribution in [0.2, 0.25) is 0 Å². The van der Waals surface area contributed by atoms with Crippen LogP contribution in [0.1, 0.15) is 50.0 Å². The normalized spacial score (nSPS) is 14.2. The fourth-order valence-electron chi connectivity index (χ4n) is 3.32. The molecule has 2 N–H and O–H groups in total. The summed E-state index contributed by atoms with van der Waals surface area (Å²) in [6, 6.07) is 17.5. The predicted molar refractivity (Wildman–Crippen MR) is 118 cm³/mol. The van der Waals surface area contributed by atoms with E-state index in [4.69, 9.17) is 9.47 Å². The Morgan fingerprint density at radius 3 is 1.45 bits per heavy atom. The van der Waals surface area contributed by atoms with E-state index in [9.17, 15) is 29.4 Å². The third kappa shape index (κ3) is 6.52. The molecule has 2 atom stereocenters. The molecule has 2 aromatic carbocycles. The Kier molecular flexibility index (Phi) is 8.50. The molecule has 0 saturated heterocycles. The third-order valence-electron chi connectivity index (χ3n) is 5.29. The molecule has 0 amide bonds. The minimum atomic E-state index is -2.44. The summed E-state index contributed by atoms with van der Waals surface area (Å²) in [6.45, 7) is 6.52. The zero-order chi connectivity index (χ0) is 24.6. The van der Waals surface area contributed by atoms with Crippen molar-refractivity contribution in [3.05, 3.63) is 83.9 Å². The van der Waals surface area contributed by atoms with E-state index in [-0.39, 0.29) is 0 Å². The van der Waals surface area contributed by atoms with Crippen LogP contribution in [0.15, 0.2) is 72.8 Å². The van der Waals surface area contributed by atoms with Crippen LogP contribution < -0.4 is 0 Å². The van der Waals surface area contributed by atoms with Crippen LogP contribution in [0.25, 0.3) is 0 Å². The van der Waals surface area contributed by atoms with E-state index in [1.807, 2.05) is 0 Å². The number of carboxylic acids is 2. The first-order chi connectivity index (χ1) is 15.6. The van der Waals surface area contributed by atoms with Crippen molar-refractivity contribution in [2.24, 2.45) is 5.41 Å². The van der Waals surface area contributed by atoms with Crippen LogP contribution in [-0.4, -0.2) is 34.1 Å². The first-order valence-corrected chi connectivity index (χ1v) is 10.2. The molecule has 0 aromatic heterocycles. The predicted octanol–water partition coefficient (Wildman–Crippen LogP) is 4.09. The maximum atomic E-state index is 12.6. The van der Waals surface area contributed by atoms with Gasteiger partial charge in [-0.1, -0.05) is 67.2 Å². The number of carbonyl (C=O) groups is 4. The van der Waals surface area contributed by atoms with Gasteiger partial charge in [-0.2, -0.15) is 0 Å². The van der Waals surface area contributed by atoms with E-state index in [1.54, 1.807) is 74.5 Å². The smallest absolute Gasteiger partial charge is 0.332 e. The Hall–Kier alpha value is -3.94. The molecule has 0 aliphatic carbocycles. The third-order valence-corrected chi connectivity index (χ3v) is 5.29. The molecule has 174 valence electrons. The molecule has 2 unspecified atom stereocenters. The van der Waals surface area contributed by atoms with E-state index in [2.05, 4.69) is 6.58 Å². The molecule has 33 heavy (non-hydrogen) atoms. The van der Waals surface area contributed by atoms with Crippen LogP contribution in [0.5, 0.6) is 0 Å². The summed E-state index contributed by atoms with van der Waals surface area (Å²) in [5, 5.41) is 19.3. The minimum Gasteiger partial charge on any atom is -0.481 e. The lowest BCUT2D eigenvalue weighted by atomic mass is 9.74. The Morgan fingerprint density at radius 1 is 0.788 bits per heavy atom. The average Bonchev–Trinajstić information content (AvgIpc) is 2.78. The fraction of sp³-hybridized carbons (Fsp3) is 0.280. The highest BCUT2D eigenvalue weighted by Gasteiger charge is 2.49. The summed E-state index contributed by atoms with van der Waals surface area (Å²) in [7, 11) is 0. The van der Waals surface area contributed by atoms with Gasteiger partial charge < -0.3 is 19.7 Å². The van der Waals surface area contributed by atoms with Crippen molar-refractivity contribution in [2.75, 3.05) is 0 Å². The van der Waals surface area contributed by atoms with E-state index in [1.165, 1.54) is 0 Å². The van der Waals surface area contributed by atoms with Crippen molar-refractivity contribution in [2.45, 2.75) is 38.9 Å². The number of carboxylic acid groups (broad SMARTS) is 2. The number of carbonyl (C=O) groups excluding carboxylic acids is 2. The van der Waals surface area contributed by atoms with Crippen LogP contribution >= 0.6 is 0 Å². The Bertz CT molecular complexity index is 952. The maximum absolute atomic E-state index is 12.6. The van der Waals surface area contributed by atoms with Gasteiger partial charge in [-0.25, -0.2) is 4.79 Å². The first kappa shape index (κ1) is 25.3. The monoisotopic (exact) mass is 454 g/mol. The standard InChI is InChI=1S/C25H26O8/c1-16(23(28)29)25(24(30)31,14-21(26)32-17(2)19-10-6-4-7-11-19)15-22(27)33-18(3)20-12-8-5-9-13-20/h4-13,17-18H,1,14-15H2,2-3H3,(H,28,29)(H,30,31). The summed E-state index contributed by atoms with van der Waals surface area (Å²) in [5.41, 5.74) is -1.92. The summed E-state index contributed by atoms with van der Waals surface area (Å²) < 4.78 is 10.6. The molecule has 8 heteroatoms. The molecule has 0 saturated carbocycles. The van der Waals surface area contributed by atoms with Gasteiger partial charge in [0.15, 0.2) is 0 Å². The van der Waals surface area contributed by atoms with E-state index in [0.29, 0.717) is 11.1 Å². The largest absolute Gasteiger partial charge is 0.481 e. The van der Waals surface area contributed by atoms with Crippen molar-refractivity contribution >= 4 is 23.9 Å². The summed E-state index contributed by atoms with van der Waals surface area (Å²) >= 11 is 0. The Balaban J connectivity index is 2.23. The molecular formula is C25H26O8. The van der Waals surface area contributed by atoms with Crippen LogP contribution in [0.3, 0.4) is 0 Å². The first-order valence-electron chi connectivity index (χ1n) is 10.2. The highest BCUT2D eigenvalue weighted by atomic mass is 16.5. The van der Waals surface area contributed by atoms with Gasteiger partial charge in [0.05, 0.1) is 12.8 Å². The average molecular weight is 454 g/mol. The molecule has 0 radical (unpaired) electrons. The van der Waals surface area contributed by atoms with Gasteiger partial charge in [-0.05, 0) is 25.0 Å². The summed E-state index contributed by atoms with van der Waals surface area (Å²) in [5.74, 6) is -5.31. The fourth-order valence-corrected chi connectivity index (χ4v) is 3.32. The molecule has 0 bridgehead atoms. The zero-order valence-corrected chi connectivity index (χ0v) is 18.4. The molecule has 0 aliphatic heterocycles. The minimum absolute atomic E-state index is 0.667. The van der Waals surface area contributed by atoms with Gasteiger partial charge in [0.1, 0.15) is 17.6 Å². The number of aliphatic carboxylic acids is 2. The number of hydrogen-bond acceptors (Lipinski definition) is 6. The maximum Gasteiger partial charge on any atom is 0.332 e. The number of hydrogen-bond donors (Lipinski definition) is 2. The highest BCUT2D eigenvalue weighted by molar-refractivity contribution is 6.00. The van der Waals surface area contributed by atoms with Gasteiger partial charge in [-0.3, -0.25) is 14.4 Å². The molecule has 0 fully saturated rings. The molecule has 2 rings (SSSR count). The van der Waals surface area contributed by atoms with Crippen LogP contribution in [0, 0.1) is 5.41 Å². The van der Waals surface area contributed by atoms with Gasteiger partial charge in [-0.15, -0.1) is 0 Å². The van der Waals surface area contributed by atoms with Gasteiger partial charge in [0.2, 0.25) is 0 Å². The highest BCUT2D eigenvalue weighted by Crippen LogP contribution is 2.37. The molecular weight excluding hydrogens is 428 g/mol. The lowest BCUT2D eigenvalue weighted by Crippen LogP contribution is -2.41. The second-order valence-corrected chi connectivity index (χ2v) is 7.61. The van der Waals surface area contributed by atoms with E-state index >= 15 is 0 Å². The number of esters is 2. The quantitative estimate of drug-likeness (QED) is 0.384. The number of ether oxygens (including phenoxy) is 2. The molecule has 2 aromatic rings. The lowest BCUT2D eigenvalue weighted by molar-refractivity contribution is -0.165.